The lowest BCUT2D eigenvalue weighted by Gasteiger charge is -2.17. The third-order valence-corrected chi connectivity index (χ3v) is 5.48. The monoisotopic (exact) mass is 469 g/mol. The molecule has 0 saturated carbocycles. The molecule has 3 rings (SSSR count). The Hall–Kier alpha value is -3.42. The van der Waals surface area contributed by atoms with Crippen molar-refractivity contribution in [2.45, 2.75) is 52.0 Å². The summed E-state index contributed by atoms with van der Waals surface area (Å²) in [6.45, 7) is 4.76. The lowest BCUT2D eigenvalue weighted by atomic mass is 10.1. The van der Waals surface area contributed by atoms with Gasteiger partial charge in [-0.2, -0.15) is 0 Å². The number of nitrogens with one attached hydrogen (secondary N) is 1. The molecule has 0 aliphatic carbocycles. The highest BCUT2D eigenvalue weighted by molar-refractivity contribution is 5.91. The lowest BCUT2D eigenvalue weighted by molar-refractivity contribution is -0.143. The number of halogens is 1. The molecule has 0 amide bonds. The van der Waals surface area contributed by atoms with E-state index in [0.717, 1.165) is 42.1 Å². The smallest absolute Gasteiger partial charge is 0.305 e. The number of rotatable bonds is 13. The molecule has 1 aromatic heterocycles. The van der Waals surface area contributed by atoms with Crippen molar-refractivity contribution in [2.24, 2.45) is 0 Å². The molecular formula is C26H32FN3O4. The first-order valence-electron chi connectivity index (χ1n) is 11.6. The van der Waals surface area contributed by atoms with E-state index < -0.39 is 0 Å². The number of methoxy groups -OCH3 is 1. The Labute approximate surface area is 199 Å². The Morgan fingerprint density at radius 1 is 1.06 bits per heavy atom. The summed E-state index contributed by atoms with van der Waals surface area (Å²) in [4.78, 5) is 20.2. The molecule has 0 saturated heterocycles. The number of benzene rings is 2. The van der Waals surface area contributed by atoms with Gasteiger partial charge in [0.15, 0.2) is 11.5 Å². The topological polar surface area (TPSA) is 82.6 Å². The second kappa shape index (κ2) is 12.7. The highest BCUT2D eigenvalue weighted by Gasteiger charge is 2.14. The van der Waals surface area contributed by atoms with Crippen molar-refractivity contribution in [1.82, 2.24) is 9.97 Å². The fourth-order valence-electron chi connectivity index (χ4n) is 3.63. The lowest BCUT2D eigenvalue weighted by Crippen LogP contribution is -2.09. The summed E-state index contributed by atoms with van der Waals surface area (Å²) in [5, 5.41) is 4.19. The fourth-order valence-corrected chi connectivity index (χ4v) is 3.63. The zero-order chi connectivity index (χ0) is 24.3. The summed E-state index contributed by atoms with van der Waals surface area (Å²) in [6.07, 6.45) is 5.54. The number of hydrogen-bond donors (Lipinski definition) is 1. The average Bonchev–Trinajstić information content (AvgIpc) is 2.83. The molecule has 0 aliphatic heterocycles. The van der Waals surface area contributed by atoms with Gasteiger partial charge in [0.2, 0.25) is 0 Å². The van der Waals surface area contributed by atoms with Crippen LogP contribution in [0.5, 0.6) is 11.5 Å². The van der Waals surface area contributed by atoms with Gasteiger partial charge in [0.05, 0.1) is 25.8 Å². The number of nitrogens with zero attached hydrogens (tertiary/aromatic N) is 2. The van der Waals surface area contributed by atoms with E-state index >= 15 is 0 Å². The second-order valence-corrected chi connectivity index (χ2v) is 7.98. The number of esters is 1. The molecule has 0 aliphatic rings. The molecule has 8 heteroatoms. The van der Waals surface area contributed by atoms with Gasteiger partial charge in [-0.05, 0) is 50.5 Å². The molecule has 1 heterocycles. The van der Waals surface area contributed by atoms with Crippen LogP contribution in [-0.4, -0.2) is 36.3 Å². The van der Waals surface area contributed by atoms with E-state index in [1.54, 1.807) is 19.2 Å². The maximum Gasteiger partial charge on any atom is 0.305 e. The molecule has 1 N–H and O–H groups in total. The minimum absolute atomic E-state index is 0.0835. The third kappa shape index (κ3) is 7.04. The predicted molar refractivity (Wildman–Crippen MR) is 130 cm³/mol. The Kier molecular flexibility index (Phi) is 9.43. The van der Waals surface area contributed by atoms with Crippen molar-refractivity contribution >= 4 is 22.7 Å². The first-order chi connectivity index (χ1) is 16.5. The van der Waals surface area contributed by atoms with E-state index in [0.29, 0.717) is 37.0 Å². The largest absolute Gasteiger partial charge is 0.493 e. The quantitative estimate of drug-likeness (QED) is 0.249. The SMILES string of the molecule is CCOC(=O)CCCCCCOc1cc2c(N[C@@H](C)c3ccc(F)cc3)ncnc2cc1OC. The molecule has 0 unspecified atom stereocenters. The third-order valence-electron chi connectivity index (χ3n) is 5.48. The molecular weight excluding hydrogens is 437 g/mol. The van der Waals surface area contributed by atoms with E-state index in [-0.39, 0.29) is 17.8 Å². The van der Waals surface area contributed by atoms with Crippen LogP contribution in [-0.2, 0) is 9.53 Å². The Morgan fingerprint density at radius 2 is 1.82 bits per heavy atom. The van der Waals surface area contributed by atoms with E-state index in [1.807, 2.05) is 26.0 Å². The van der Waals surface area contributed by atoms with Gasteiger partial charge < -0.3 is 19.5 Å². The van der Waals surface area contributed by atoms with Crippen molar-refractivity contribution in [3.05, 3.63) is 54.1 Å². The molecule has 2 aromatic carbocycles. The minimum atomic E-state index is -0.267. The summed E-state index contributed by atoms with van der Waals surface area (Å²) >= 11 is 0. The van der Waals surface area contributed by atoms with E-state index in [4.69, 9.17) is 14.2 Å². The maximum atomic E-state index is 13.3. The Bertz CT molecular complexity index is 1080. The zero-order valence-corrected chi connectivity index (χ0v) is 20.0. The summed E-state index contributed by atoms with van der Waals surface area (Å²) in [5.74, 6) is 1.48. The van der Waals surface area contributed by atoms with Crippen LogP contribution in [0.1, 0.15) is 57.6 Å². The predicted octanol–water partition coefficient (Wildman–Crippen LogP) is 5.84. The van der Waals surface area contributed by atoms with Gasteiger partial charge in [-0.15, -0.1) is 0 Å². The standard InChI is InChI=1S/C26H32FN3O4/c1-4-33-25(31)9-7-5-6-8-14-34-24-15-21-22(16-23(24)32-3)28-17-29-26(21)30-18(2)19-10-12-20(27)13-11-19/h10-13,15-18H,4-9,14H2,1-3H3,(H,28,29,30)/t18-/m0/s1. The first kappa shape index (κ1) is 25.2. The molecule has 1 atom stereocenters. The highest BCUT2D eigenvalue weighted by atomic mass is 19.1. The number of ether oxygens (including phenoxy) is 3. The van der Waals surface area contributed by atoms with Crippen LogP contribution >= 0.6 is 0 Å². The molecule has 182 valence electrons. The summed E-state index contributed by atoms with van der Waals surface area (Å²) in [5.41, 5.74) is 1.67. The van der Waals surface area contributed by atoms with E-state index in [9.17, 15) is 9.18 Å². The Morgan fingerprint density at radius 3 is 2.56 bits per heavy atom. The van der Waals surface area contributed by atoms with Crippen LogP contribution in [0.3, 0.4) is 0 Å². The molecule has 3 aromatic rings. The first-order valence-corrected chi connectivity index (χ1v) is 11.6. The minimum Gasteiger partial charge on any atom is -0.493 e. The van der Waals surface area contributed by atoms with Crippen LogP contribution in [0, 0.1) is 5.82 Å². The van der Waals surface area contributed by atoms with Crippen LogP contribution < -0.4 is 14.8 Å². The number of carbonyl (C=O) groups excluding carboxylic acids is 1. The van der Waals surface area contributed by atoms with Crippen molar-refractivity contribution < 1.29 is 23.4 Å². The van der Waals surface area contributed by atoms with Gasteiger partial charge in [0, 0.05) is 23.9 Å². The summed E-state index contributed by atoms with van der Waals surface area (Å²) < 4.78 is 29.7. The van der Waals surface area contributed by atoms with Crippen LogP contribution in [0.25, 0.3) is 10.9 Å². The molecule has 7 nitrogen and oxygen atoms in total. The van der Waals surface area contributed by atoms with Crippen LogP contribution in [0.4, 0.5) is 10.2 Å². The molecule has 0 spiro atoms. The van der Waals surface area contributed by atoms with Crippen LogP contribution in [0.2, 0.25) is 0 Å². The number of anilines is 1. The van der Waals surface area contributed by atoms with Crippen LogP contribution in [0.15, 0.2) is 42.7 Å². The maximum absolute atomic E-state index is 13.3. The van der Waals surface area contributed by atoms with Crippen molar-refractivity contribution in [2.75, 3.05) is 25.6 Å². The zero-order valence-electron chi connectivity index (χ0n) is 20.0. The number of hydrogen-bond acceptors (Lipinski definition) is 7. The fraction of sp³-hybridized carbons (Fsp3) is 0.423. The molecule has 34 heavy (non-hydrogen) atoms. The van der Waals surface area contributed by atoms with Crippen molar-refractivity contribution in [3.63, 3.8) is 0 Å². The van der Waals surface area contributed by atoms with Crippen molar-refractivity contribution in [1.29, 1.82) is 0 Å². The normalized spacial score (nSPS) is 11.8. The van der Waals surface area contributed by atoms with Gasteiger partial charge in [-0.1, -0.05) is 25.0 Å². The summed E-state index contributed by atoms with van der Waals surface area (Å²) in [7, 11) is 1.60. The Balaban J connectivity index is 1.63. The average molecular weight is 470 g/mol. The molecule has 0 bridgehead atoms. The molecule has 0 radical (unpaired) electrons. The number of fused-ring (bicyclic) bond motifs is 1. The van der Waals surface area contributed by atoms with Gasteiger partial charge in [-0.25, -0.2) is 14.4 Å². The van der Waals surface area contributed by atoms with Gasteiger partial charge in [0.1, 0.15) is 18.0 Å². The van der Waals surface area contributed by atoms with Crippen molar-refractivity contribution in [3.8, 4) is 11.5 Å². The second-order valence-electron chi connectivity index (χ2n) is 7.98. The van der Waals surface area contributed by atoms with E-state index in [2.05, 4.69) is 15.3 Å². The number of unbranched alkanes of at least 4 members (excludes halogenated alkanes) is 3. The van der Waals surface area contributed by atoms with E-state index in [1.165, 1.54) is 18.5 Å². The highest BCUT2D eigenvalue weighted by Crippen LogP contribution is 2.35. The number of aromatic nitrogens is 2. The van der Waals surface area contributed by atoms with Gasteiger partial charge in [-0.3, -0.25) is 4.79 Å². The summed E-state index contributed by atoms with van der Waals surface area (Å²) in [6, 6.07) is 10.0. The number of carbonyl (C=O) groups is 1. The molecule has 0 fully saturated rings. The van der Waals surface area contributed by atoms with Gasteiger partial charge in [0.25, 0.3) is 0 Å². The van der Waals surface area contributed by atoms with Gasteiger partial charge >= 0.3 is 5.97 Å².